The summed E-state index contributed by atoms with van der Waals surface area (Å²) in [6.45, 7) is 8.55. The number of anilines is 1. The molecule has 23 heavy (non-hydrogen) atoms. The standard InChI is InChI=1S/C19H30N2O2/c1-4-7-14-23-18-10-8-16(15-17(18)20)9-11-19(22)21(12-5-2)13-6-3/h8-11,15H,4-7,12-14,20H2,1-3H3/b11-9-. The number of nitrogens with two attached hydrogens (primary N) is 1. The number of nitrogen functional groups attached to an aromatic ring is 1. The van der Waals surface area contributed by atoms with Crippen LogP contribution in [0.2, 0.25) is 0 Å². The molecule has 0 aliphatic carbocycles. The van der Waals surface area contributed by atoms with Crippen molar-refractivity contribution < 1.29 is 9.53 Å². The molecule has 0 saturated carbocycles. The fraction of sp³-hybridized carbons (Fsp3) is 0.526. The van der Waals surface area contributed by atoms with Crippen LogP contribution in [-0.4, -0.2) is 30.5 Å². The molecule has 0 atom stereocenters. The highest BCUT2D eigenvalue weighted by Crippen LogP contribution is 2.23. The zero-order valence-corrected chi connectivity index (χ0v) is 14.7. The van der Waals surface area contributed by atoms with E-state index >= 15 is 0 Å². The maximum atomic E-state index is 12.2. The third kappa shape index (κ3) is 6.76. The van der Waals surface area contributed by atoms with Gasteiger partial charge < -0.3 is 15.4 Å². The lowest BCUT2D eigenvalue weighted by Gasteiger charge is -2.19. The molecule has 4 nitrogen and oxygen atoms in total. The van der Waals surface area contributed by atoms with Gasteiger partial charge in [-0.05, 0) is 43.0 Å². The van der Waals surface area contributed by atoms with Gasteiger partial charge in [-0.2, -0.15) is 0 Å². The Labute approximate surface area is 140 Å². The maximum absolute atomic E-state index is 12.2. The van der Waals surface area contributed by atoms with Crippen LogP contribution >= 0.6 is 0 Å². The number of ether oxygens (including phenoxy) is 1. The molecular weight excluding hydrogens is 288 g/mol. The van der Waals surface area contributed by atoms with Gasteiger partial charge in [-0.15, -0.1) is 0 Å². The molecule has 4 heteroatoms. The highest BCUT2D eigenvalue weighted by Gasteiger charge is 2.08. The average molecular weight is 318 g/mol. The zero-order chi connectivity index (χ0) is 17.1. The van der Waals surface area contributed by atoms with E-state index in [-0.39, 0.29) is 5.91 Å². The van der Waals surface area contributed by atoms with Crippen LogP contribution in [-0.2, 0) is 4.79 Å². The summed E-state index contributed by atoms with van der Waals surface area (Å²) >= 11 is 0. The van der Waals surface area contributed by atoms with E-state index in [4.69, 9.17) is 10.5 Å². The molecule has 128 valence electrons. The zero-order valence-electron chi connectivity index (χ0n) is 14.7. The first-order valence-corrected chi connectivity index (χ1v) is 8.61. The summed E-state index contributed by atoms with van der Waals surface area (Å²) in [6, 6.07) is 5.63. The minimum absolute atomic E-state index is 0.0514. The van der Waals surface area contributed by atoms with Crippen molar-refractivity contribution in [2.75, 3.05) is 25.4 Å². The minimum atomic E-state index is 0.0514. The number of nitrogens with zero attached hydrogens (tertiary/aromatic N) is 1. The van der Waals surface area contributed by atoms with E-state index in [9.17, 15) is 4.79 Å². The molecule has 0 bridgehead atoms. The van der Waals surface area contributed by atoms with Gasteiger partial charge in [0.05, 0.1) is 12.3 Å². The number of carbonyl (C=O) groups is 1. The number of benzene rings is 1. The van der Waals surface area contributed by atoms with Crippen molar-refractivity contribution in [2.45, 2.75) is 46.5 Å². The van der Waals surface area contributed by atoms with Crippen molar-refractivity contribution in [3.8, 4) is 5.75 Å². The molecule has 1 rings (SSSR count). The predicted molar refractivity (Wildman–Crippen MR) is 97.5 cm³/mol. The Kier molecular flexibility index (Phi) is 8.88. The number of carbonyl (C=O) groups excluding carboxylic acids is 1. The third-order valence-electron chi connectivity index (χ3n) is 3.51. The summed E-state index contributed by atoms with van der Waals surface area (Å²) in [7, 11) is 0. The lowest BCUT2D eigenvalue weighted by Crippen LogP contribution is -2.30. The van der Waals surface area contributed by atoms with E-state index in [2.05, 4.69) is 20.8 Å². The van der Waals surface area contributed by atoms with Crippen LogP contribution in [0.15, 0.2) is 24.3 Å². The van der Waals surface area contributed by atoms with E-state index in [0.717, 1.165) is 44.3 Å². The van der Waals surface area contributed by atoms with E-state index in [1.165, 1.54) is 0 Å². The predicted octanol–water partition coefficient (Wildman–Crippen LogP) is 4.11. The van der Waals surface area contributed by atoms with Crippen molar-refractivity contribution in [1.29, 1.82) is 0 Å². The van der Waals surface area contributed by atoms with Gasteiger partial charge in [0.15, 0.2) is 0 Å². The van der Waals surface area contributed by atoms with Gasteiger partial charge in [0.25, 0.3) is 0 Å². The first-order chi connectivity index (χ1) is 11.1. The molecule has 0 unspecified atom stereocenters. The first kappa shape index (κ1) is 19.1. The average Bonchev–Trinajstić information content (AvgIpc) is 2.54. The van der Waals surface area contributed by atoms with E-state index < -0.39 is 0 Å². The molecule has 0 radical (unpaired) electrons. The van der Waals surface area contributed by atoms with Gasteiger partial charge in [0.2, 0.25) is 5.91 Å². The molecule has 0 fully saturated rings. The van der Waals surface area contributed by atoms with Gasteiger partial charge in [-0.3, -0.25) is 4.79 Å². The van der Waals surface area contributed by atoms with Crippen LogP contribution in [0, 0.1) is 0 Å². The Balaban J connectivity index is 2.68. The topological polar surface area (TPSA) is 55.6 Å². The fourth-order valence-corrected chi connectivity index (χ4v) is 2.27. The molecule has 0 aromatic heterocycles. The molecule has 1 aromatic rings. The van der Waals surface area contributed by atoms with Gasteiger partial charge in [0.1, 0.15) is 5.75 Å². The second-order valence-electron chi connectivity index (χ2n) is 5.66. The summed E-state index contributed by atoms with van der Waals surface area (Å²) in [5.74, 6) is 0.760. The van der Waals surface area contributed by atoms with E-state index in [1.807, 2.05) is 29.2 Å². The second kappa shape index (κ2) is 10.7. The first-order valence-electron chi connectivity index (χ1n) is 8.61. The van der Waals surface area contributed by atoms with Crippen LogP contribution in [0.1, 0.15) is 52.0 Å². The number of unbranched alkanes of at least 4 members (excludes halogenated alkanes) is 1. The molecule has 1 aromatic carbocycles. The normalized spacial score (nSPS) is 10.9. The Hall–Kier alpha value is -1.97. The summed E-state index contributed by atoms with van der Waals surface area (Å²) in [4.78, 5) is 14.1. The van der Waals surface area contributed by atoms with Crippen LogP contribution < -0.4 is 10.5 Å². The summed E-state index contributed by atoms with van der Waals surface area (Å²) in [5.41, 5.74) is 7.53. The van der Waals surface area contributed by atoms with Crippen LogP contribution in [0.4, 0.5) is 5.69 Å². The second-order valence-corrected chi connectivity index (χ2v) is 5.66. The number of hydrogen-bond donors (Lipinski definition) is 1. The highest BCUT2D eigenvalue weighted by molar-refractivity contribution is 5.92. The van der Waals surface area contributed by atoms with Gasteiger partial charge in [0, 0.05) is 19.2 Å². The van der Waals surface area contributed by atoms with Crippen LogP contribution in [0.3, 0.4) is 0 Å². The van der Waals surface area contributed by atoms with Crippen molar-refractivity contribution in [3.63, 3.8) is 0 Å². The lowest BCUT2D eigenvalue weighted by molar-refractivity contribution is -0.126. The number of amides is 1. The maximum Gasteiger partial charge on any atom is 0.246 e. The van der Waals surface area contributed by atoms with Crippen molar-refractivity contribution >= 4 is 17.7 Å². The van der Waals surface area contributed by atoms with Gasteiger partial charge in [-0.25, -0.2) is 0 Å². The van der Waals surface area contributed by atoms with Gasteiger partial charge in [-0.1, -0.05) is 33.3 Å². The minimum Gasteiger partial charge on any atom is -0.491 e. The molecule has 0 aliphatic rings. The van der Waals surface area contributed by atoms with Crippen molar-refractivity contribution in [2.24, 2.45) is 0 Å². The lowest BCUT2D eigenvalue weighted by atomic mass is 10.1. The monoisotopic (exact) mass is 318 g/mol. The largest absolute Gasteiger partial charge is 0.491 e. The fourth-order valence-electron chi connectivity index (χ4n) is 2.27. The molecule has 2 N–H and O–H groups in total. The summed E-state index contributed by atoms with van der Waals surface area (Å²) in [6.07, 6.45) is 7.48. The van der Waals surface area contributed by atoms with Crippen LogP contribution in [0.25, 0.3) is 6.08 Å². The smallest absolute Gasteiger partial charge is 0.246 e. The highest BCUT2D eigenvalue weighted by atomic mass is 16.5. The van der Waals surface area contributed by atoms with Crippen molar-refractivity contribution in [1.82, 2.24) is 4.90 Å². The molecule has 0 saturated heterocycles. The Morgan fingerprint density at radius 2 is 1.87 bits per heavy atom. The number of hydrogen-bond acceptors (Lipinski definition) is 3. The SMILES string of the molecule is CCCCOc1ccc(/C=C\C(=O)N(CCC)CCC)cc1N. The van der Waals surface area contributed by atoms with Crippen LogP contribution in [0.5, 0.6) is 5.75 Å². The van der Waals surface area contributed by atoms with Gasteiger partial charge >= 0.3 is 0 Å². The Bertz CT molecular complexity index is 506. The quantitative estimate of drug-likeness (QED) is 0.401. The Morgan fingerprint density at radius 1 is 1.17 bits per heavy atom. The van der Waals surface area contributed by atoms with Crippen molar-refractivity contribution in [3.05, 3.63) is 29.8 Å². The Morgan fingerprint density at radius 3 is 2.43 bits per heavy atom. The third-order valence-corrected chi connectivity index (χ3v) is 3.51. The number of rotatable bonds is 10. The molecule has 0 heterocycles. The van der Waals surface area contributed by atoms with E-state index in [0.29, 0.717) is 18.0 Å². The molecule has 0 spiro atoms. The molecule has 1 amide bonds. The summed E-state index contributed by atoms with van der Waals surface area (Å²) < 4.78 is 5.64. The molecular formula is C19H30N2O2. The van der Waals surface area contributed by atoms with E-state index in [1.54, 1.807) is 6.08 Å². The summed E-state index contributed by atoms with van der Waals surface area (Å²) in [5, 5.41) is 0. The molecule has 0 aliphatic heterocycles.